The SMILES string of the molecule is CCCn1c(CO)nnc1Sc1cc(Cl)nc(C2CC2)n1. The monoisotopic (exact) mass is 325 g/mol. The first-order valence-corrected chi connectivity index (χ1v) is 8.16. The summed E-state index contributed by atoms with van der Waals surface area (Å²) in [6.07, 6.45) is 3.20. The maximum absolute atomic E-state index is 9.31. The van der Waals surface area contributed by atoms with Crippen molar-refractivity contribution in [3.8, 4) is 0 Å². The van der Waals surface area contributed by atoms with E-state index in [0.717, 1.165) is 41.8 Å². The Morgan fingerprint density at radius 2 is 2.19 bits per heavy atom. The second-order valence-electron chi connectivity index (χ2n) is 4.97. The van der Waals surface area contributed by atoms with E-state index >= 15 is 0 Å². The van der Waals surface area contributed by atoms with Crippen LogP contribution in [-0.2, 0) is 13.2 Å². The fourth-order valence-electron chi connectivity index (χ4n) is 2.04. The number of aromatic nitrogens is 5. The minimum atomic E-state index is -0.120. The van der Waals surface area contributed by atoms with Crippen molar-refractivity contribution in [2.75, 3.05) is 0 Å². The van der Waals surface area contributed by atoms with Gasteiger partial charge < -0.3 is 9.67 Å². The predicted octanol–water partition coefficient (Wildman–Crippen LogP) is 2.65. The van der Waals surface area contributed by atoms with Gasteiger partial charge in [-0.15, -0.1) is 10.2 Å². The highest BCUT2D eigenvalue weighted by Gasteiger charge is 2.27. The zero-order valence-electron chi connectivity index (χ0n) is 11.7. The van der Waals surface area contributed by atoms with Crippen LogP contribution in [0.1, 0.15) is 43.8 Å². The smallest absolute Gasteiger partial charge is 0.197 e. The molecule has 2 aromatic rings. The summed E-state index contributed by atoms with van der Waals surface area (Å²) >= 11 is 7.48. The molecule has 0 radical (unpaired) electrons. The Balaban J connectivity index is 1.87. The van der Waals surface area contributed by atoms with Gasteiger partial charge in [0.25, 0.3) is 0 Å². The molecule has 1 saturated carbocycles. The van der Waals surface area contributed by atoms with Crippen molar-refractivity contribution in [3.63, 3.8) is 0 Å². The summed E-state index contributed by atoms with van der Waals surface area (Å²) in [4.78, 5) is 8.83. The molecule has 112 valence electrons. The van der Waals surface area contributed by atoms with Crippen molar-refractivity contribution in [3.05, 3.63) is 22.9 Å². The van der Waals surface area contributed by atoms with Gasteiger partial charge in [0.1, 0.15) is 22.6 Å². The van der Waals surface area contributed by atoms with E-state index in [0.29, 0.717) is 16.9 Å². The first-order chi connectivity index (χ1) is 10.2. The lowest BCUT2D eigenvalue weighted by molar-refractivity contribution is 0.263. The summed E-state index contributed by atoms with van der Waals surface area (Å²) < 4.78 is 1.91. The van der Waals surface area contributed by atoms with Gasteiger partial charge in [0.05, 0.1) is 0 Å². The number of aliphatic hydroxyl groups excluding tert-OH is 1. The van der Waals surface area contributed by atoms with Gasteiger partial charge >= 0.3 is 0 Å². The molecule has 21 heavy (non-hydrogen) atoms. The summed E-state index contributed by atoms with van der Waals surface area (Å²) in [6, 6.07) is 1.74. The maximum Gasteiger partial charge on any atom is 0.197 e. The Kier molecular flexibility index (Phi) is 4.42. The Morgan fingerprint density at radius 1 is 1.38 bits per heavy atom. The summed E-state index contributed by atoms with van der Waals surface area (Å²) in [6.45, 7) is 2.72. The molecular weight excluding hydrogens is 310 g/mol. The number of aliphatic hydroxyl groups is 1. The number of halogens is 1. The lowest BCUT2D eigenvalue weighted by Crippen LogP contribution is -2.05. The molecule has 1 aliphatic carbocycles. The molecule has 0 bridgehead atoms. The molecule has 1 aliphatic rings. The van der Waals surface area contributed by atoms with Crippen LogP contribution in [0.2, 0.25) is 5.15 Å². The van der Waals surface area contributed by atoms with Crippen LogP contribution in [-0.4, -0.2) is 29.8 Å². The lowest BCUT2D eigenvalue weighted by atomic mass is 10.4. The van der Waals surface area contributed by atoms with Gasteiger partial charge in [-0.3, -0.25) is 0 Å². The lowest BCUT2D eigenvalue weighted by Gasteiger charge is -2.07. The summed E-state index contributed by atoms with van der Waals surface area (Å²) in [5.74, 6) is 1.83. The van der Waals surface area contributed by atoms with E-state index in [1.807, 2.05) is 4.57 Å². The molecule has 6 nitrogen and oxygen atoms in total. The maximum atomic E-state index is 9.31. The van der Waals surface area contributed by atoms with Gasteiger partial charge in [-0.1, -0.05) is 18.5 Å². The van der Waals surface area contributed by atoms with Crippen LogP contribution in [0.25, 0.3) is 0 Å². The van der Waals surface area contributed by atoms with Crippen molar-refractivity contribution in [1.29, 1.82) is 0 Å². The molecule has 2 aromatic heterocycles. The fourth-order valence-corrected chi connectivity index (χ4v) is 3.18. The van der Waals surface area contributed by atoms with E-state index in [1.54, 1.807) is 6.07 Å². The summed E-state index contributed by atoms with van der Waals surface area (Å²) in [7, 11) is 0. The van der Waals surface area contributed by atoms with E-state index in [-0.39, 0.29) is 6.61 Å². The van der Waals surface area contributed by atoms with E-state index in [2.05, 4.69) is 27.1 Å². The Morgan fingerprint density at radius 3 is 2.86 bits per heavy atom. The number of hydrogen-bond donors (Lipinski definition) is 1. The van der Waals surface area contributed by atoms with Crippen LogP contribution in [0.4, 0.5) is 0 Å². The van der Waals surface area contributed by atoms with Gasteiger partial charge in [0.2, 0.25) is 0 Å². The van der Waals surface area contributed by atoms with Gasteiger partial charge in [0.15, 0.2) is 11.0 Å². The third kappa shape index (κ3) is 3.36. The minimum absolute atomic E-state index is 0.120. The van der Waals surface area contributed by atoms with Gasteiger partial charge in [-0.25, -0.2) is 9.97 Å². The molecule has 2 heterocycles. The van der Waals surface area contributed by atoms with Gasteiger partial charge in [-0.2, -0.15) is 0 Å². The highest BCUT2D eigenvalue weighted by molar-refractivity contribution is 7.99. The predicted molar refractivity (Wildman–Crippen MR) is 79.4 cm³/mol. The Hall–Kier alpha value is -1.18. The van der Waals surface area contributed by atoms with Crippen LogP contribution in [0.5, 0.6) is 0 Å². The Bertz CT molecular complexity index is 643. The second-order valence-corrected chi connectivity index (χ2v) is 6.35. The van der Waals surface area contributed by atoms with E-state index < -0.39 is 0 Å². The molecular formula is C13H16ClN5OS. The molecule has 3 rings (SSSR count). The molecule has 0 atom stereocenters. The molecule has 0 saturated heterocycles. The third-order valence-electron chi connectivity index (χ3n) is 3.21. The largest absolute Gasteiger partial charge is 0.388 e. The van der Waals surface area contributed by atoms with Crippen molar-refractivity contribution in [1.82, 2.24) is 24.7 Å². The second kappa shape index (κ2) is 6.29. The average molecular weight is 326 g/mol. The minimum Gasteiger partial charge on any atom is -0.388 e. The van der Waals surface area contributed by atoms with Crippen LogP contribution < -0.4 is 0 Å². The van der Waals surface area contributed by atoms with E-state index in [1.165, 1.54) is 11.8 Å². The first kappa shape index (κ1) is 14.7. The van der Waals surface area contributed by atoms with Crippen molar-refractivity contribution >= 4 is 23.4 Å². The highest BCUT2D eigenvalue weighted by Crippen LogP contribution is 2.39. The van der Waals surface area contributed by atoms with Crippen LogP contribution in [0.3, 0.4) is 0 Å². The zero-order valence-corrected chi connectivity index (χ0v) is 13.2. The number of hydrogen-bond acceptors (Lipinski definition) is 6. The molecule has 0 aliphatic heterocycles. The number of nitrogens with zero attached hydrogens (tertiary/aromatic N) is 5. The van der Waals surface area contributed by atoms with Crippen molar-refractivity contribution in [2.45, 2.75) is 55.4 Å². The standard InChI is InChI=1S/C13H16ClN5OS/c1-2-5-19-10(7-20)17-18-13(19)21-11-6-9(14)15-12(16-11)8-3-4-8/h6,8,20H,2-5,7H2,1H3. The van der Waals surface area contributed by atoms with Gasteiger partial charge in [0, 0.05) is 18.5 Å². The third-order valence-corrected chi connectivity index (χ3v) is 4.31. The molecule has 8 heteroatoms. The van der Waals surface area contributed by atoms with E-state index in [9.17, 15) is 5.11 Å². The molecule has 0 aromatic carbocycles. The molecule has 1 fully saturated rings. The van der Waals surface area contributed by atoms with E-state index in [4.69, 9.17) is 11.6 Å². The summed E-state index contributed by atoms with van der Waals surface area (Å²) in [5.41, 5.74) is 0. The van der Waals surface area contributed by atoms with Crippen molar-refractivity contribution in [2.24, 2.45) is 0 Å². The normalized spacial score (nSPS) is 14.6. The highest BCUT2D eigenvalue weighted by atomic mass is 35.5. The van der Waals surface area contributed by atoms with Crippen LogP contribution in [0.15, 0.2) is 16.2 Å². The molecule has 0 unspecified atom stereocenters. The van der Waals surface area contributed by atoms with Gasteiger partial charge in [-0.05, 0) is 31.0 Å². The average Bonchev–Trinajstić information content (AvgIpc) is 3.24. The first-order valence-electron chi connectivity index (χ1n) is 6.96. The fraction of sp³-hybridized carbons (Fsp3) is 0.538. The quantitative estimate of drug-likeness (QED) is 0.823. The molecule has 0 spiro atoms. The van der Waals surface area contributed by atoms with Crippen LogP contribution in [0, 0.1) is 0 Å². The zero-order chi connectivity index (χ0) is 14.8. The van der Waals surface area contributed by atoms with Crippen LogP contribution >= 0.6 is 23.4 Å². The Labute approximate surface area is 132 Å². The summed E-state index contributed by atoms with van der Waals surface area (Å²) in [5, 5.41) is 19.4. The topological polar surface area (TPSA) is 76.7 Å². The molecule has 1 N–H and O–H groups in total. The van der Waals surface area contributed by atoms with Crippen molar-refractivity contribution < 1.29 is 5.11 Å². The molecule has 0 amide bonds. The number of rotatable bonds is 6.